The van der Waals surface area contributed by atoms with Gasteiger partial charge in [0.2, 0.25) is 0 Å². The predicted octanol–water partition coefficient (Wildman–Crippen LogP) is 4.95. The number of ether oxygens (including phenoxy) is 2. The molecule has 1 unspecified atom stereocenters. The molecule has 0 radical (unpaired) electrons. The van der Waals surface area contributed by atoms with Crippen LogP contribution in [0.5, 0.6) is 11.5 Å². The van der Waals surface area contributed by atoms with Gasteiger partial charge in [-0.05, 0) is 49.6 Å². The predicted molar refractivity (Wildman–Crippen MR) is 119 cm³/mol. The summed E-state index contributed by atoms with van der Waals surface area (Å²) in [5, 5.41) is 0. The van der Waals surface area contributed by atoms with E-state index in [2.05, 4.69) is 30.9 Å². The monoisotopic (exact) mass is 397 g/mol. The topological polar surface area (TPSA) is 38.8 Å². The molecule has 0 N–H and O–H groups in total. The van der Waals surface area contributed by atoms with E-state index in [-0.39, 0.29) is 0 Å². The maximum absolute atomic E-state index is 11.9. The number of methoxy groups -OCH3 is 1. The van der Waals surface area contributed by atoms with Gasteiger partial charge in [0, 0.05) is 18.2 Å². The first-order valence-electron chi connectivity index (χ1n) is 10.4. The van der Waals surface area contributed by atoms with Gasteiger partial charge in [-0.3, -0.25) is 0 Å². The molecule has 0 fully saturated rings. The Bertz CT molecular complexity index is 881. The van der Waals surface area contributed by atoms with Gasteiger partial charge in [-0.1, -0.05) is 25.8 Å². The molecule has 0 saturated carbocycles. The summed E-state index contributed by atoms with van der Waals surface area (Å²) in [7, 11) is 3.67. The quantitative estimate of drug-likeness (QED) is 0.341. The number of carbonyl (C=O) groups excluding carboxylic acids is 1. The Morgan fingerprint density at radius 2 is 1.93 bits per heavy atom. The van der Waals surface area contributed by atoms with E-state index in [1.54, 1.807) is 7.11 Å². The summed E-state index contributed by atoms with van der Waals surface area (Å²) in [6, 6.07) is 10.2. The van der Waals surface area contributed by atoms with Gasteiger partial charge in [0.15, 0.2) is 12.4 Å². The molecular formula is C24H33N2O3+. The van der Waals surface area contributed by atoms with Gasteiger partial charge in [0.05, 0.1) is 14.2 Å². The van der Waals surface area contributed by atoms with E-state index in [0.29, 0.717) is 17.8 Å². The average molecular weight is 398 g/mol. The number of benzene rings is 2. The fraction of sp³-hybridized carbons (Fsp3) is 0.458. The smallest absolute Gasteiger partial charge is 0.307 e. The van der Waals surface area contributed by atoms with Crippen LogP contribution >= 0.6 is 0 Å². The molecule has 1 aliphatic heterocycles. The van der Waals surface area contributed by atoms with E-state index < -0.39 is 0 Å². The standard InChI is InChI=1S/C24H33N2O3/c1-6-7-8-11-25-16-26(4,17-27)24-19(3)13-21(14-22(24)25)29-15-20-9-10-23(28-5)18(2)12-20/h9-10,12-14,17H,6-8,11,15-16H2,1-5H3/q+1. The van der Waals surface area contributed by atoms with Crippen LogP contribution in [0.2, 0.25) is 0 Å². The number of aryl methyl sites for hydroxylation is 2. The van der Waals surface area contributed by atoms with Crippen LogP contribution in [0.15, 0.2) is 30.3 Å². The molecule has 3 rings (SSSR count). The molecule has 156 valence electrons. The zero-order valence-electron chi connectivity index (χ0n) is 18.3. The minimum Gasteiger partial charge on any atom is -0.496 e. The first-order valence-corrected chi connectivity index (χ1v) is 10.4. The van der Waals surface area contributed by atoms with Crippen LogP contribution in [0.1, 0.15) is 42.9 Å². The fourth-order valence-corrected chi connectivity index (χ4v) is 4.25. The second-order valence-corrected chi connectivity index (χ2v) is 8.19. The second kappa shape index (κ2) is 8.87. The number of unbranched alkanes of at least 4 members (excludes halogenated alkanes) is 2. The van der Waals surface area contributed by atoms with Gasteiger partial charge in [0.25, 0.3) is 0 Å². The van der Waals surface area contributed by atoms with Crippen molar-refractivity contribution in [1.29, 1.82) is 0 Å². The summed E-state index contributed by atoms with van der Waals surface area (Å²) >= 11 is 0. The van der Waals surface area contributed by atoms with Gasteiger partial charge in [-0.2, -0.15) is 0 Å². The molecule has 2 aromatic rings. The Kier molecular flexibility index (Phi) is 6.48. The highest BCUT2D eigenvalue weighted by Crippen LogP contribution is 2.44. The van der Waals surface area contributed by atoms with Crippen LogP contribution in [-0.2, 0) is 11.4 Å². The van der Waals surface area contributed by atoms with Crippen LogP contribution in [0.3, 0.4) is 0 Å². The number of nitrogens with zero attached hydrogens (tertiary/aromatic N) is 2. The molecule has 29 heavy (non-hydrogen) atoms. The molecule has 0 aliphatic carbocycles. The largest absolute Gasteiger partial charge is 0.496 e. The Morgan fingerprint density at radius 1 is 1.14 bits per heavy atom. The maximum atomic E-state index is 11.9. The lowest BCUT2D eigenvalue weighted by Crippen LogP contribution is -2.46. The third-order valence-corrected chi connectivity index (χ3v) is 5.70. The van der Waals surface area contributed by atoms with Crippen molar-refractivity contribution in [3.05, 3.63) is 47.0 Å². The lowest BCUT2D eigenvalue weighted by Gasteiger charge is -2.23. The molecule has 5 heteroatoms. The lowest BCUT2D eigenvalue weighted by atomic mass is 10.1. The van der Waals surface area contributed by atoms with Crippen LogP contribution in [0, 0.1) is 13.8 Å². The molecule has 0 bridgehead atoms. The summed E-state index contributed by atoms with van der Waals surface area (Å²) in [4.78, 5) is 14.2. The van der Waals surface area contributed by atoms with E-state index in [1.165, 1.54) is 12.8 Å². The van der Waals surface area contributed by atoms with Crippen LogP contribution < -0.4 is 18.9 Å². The van der Waals surface area contributed by atoms with Crippen molar-refractivity contribution in [3.63, 3.8) is 0 Å². The average Bonchev–Trinajstić information content (AvgIpc) is 3.00. The van der Waals surface area contributed by atoms with Gasteiger partial charge in [-0.25, -0.2) is 9.28 Å². The first-order chi connectivity index (χ1) is 13.9. The van der Waals surface area contributed by atoms with E-state index in [1.807, 2.05) is 32.2 Å². The number of fused-ring (bicyclic) bond motifs is 1. The summed E-state index contributed by atoms with van der Waals surface area (Å²) in [5.74, 6) is 1.73. The summed E-state index contributed by atoms with van der Waals surface area (Å²) in [6.07, 6.45) is 4.56. The van der Waals surface area contributed by atoms with Gasteiger partial charge >= 0.3 is 6.41 Å². The number of hydrogen-bond donors (Lipinski definition) is 0. The number of hydrogen-bond acceptors (Lipinski definition) is 4. The number of anilines is 1. The summed E-state index contributed by atoms with van der Waals surface area (Å²) in [6.45, 7) is 8.46. The Morgan fingerprint density at radius 3 is 2.59 bits per heavy atom. The SMILES string of the molecule is CCCCCN1C[N+](C)(C=O)c2c(C)cc(OCc3ccc(OC)c(C)c3)cc21. The fourth-order valence-electron chi connectivity index (χ4n) is 4.25. The van der Waals surface area contributed by atoms with Gasteiger partial charge < -0.3 is 14.4 Å². The third-order valence-electron chi connectivity index (χ3n) is 5.70. The highest BCUT2D eigenvalue weighted by atomic mass is 16.5. The molecule has 1 atom stereocenters. The lowest BCUT2D eigenvalue weighted by molar-refractivity contribution is -0.116. The van der Waals surface area contributed by atoms with Crippen LogP contribution in [0.4, 0.5) is 11.4 Å². The molecule has 0 aromatic heterocycles. The van der Waals surface area contributed by atoms with Crippen molar-refractivity contribution in [2.24, 2.45) is 0 Å². The number of carbonyl (C=O) groups is 1. The van der Waals surface area contributed by atoms with Crippen molar-refractivity contribution in [2.45, 2.75) is 46.6 Å². The zero-order chi connectivity index (χ0) is 21.0. The van der Waals surface area contributed by atoms with E-state index in [0.717, 1.165) is 58.9 Å². The minimum atomic E-state index is 0.297. The Balaban J connectivity index is 1.83. The highest BCUT2D eigenvalue weighted by Gasteiger charge is 2.41. The molecular weight excluding hydrogens is 364 g/mol. The Hall–Kier alpha value is -2.53. The van der Waals surface area contributed by atoms with Crippen molar-refractivity contribution < 1.29 is 14.3 Å². The van der Waals surface area contributed by atoms with Crippen LogP contribution in [0.25, 0.3) is 0 Å². The van der Waals surface area contributed by atoms with Crippen molar-refractivity contribution >= 4 is 17.8 Å². The first kappa shape index (κ1) is 21.2. The normalized spacial score (nSPS) is 17.9. The van der Waals surface area contributed by atoms with Crippen LogP contribution in [-0.4, -0.2) is 33.8 Å². The minimum absolute atomic E-state index is 0.297. The molecule has 1 aliphatic rings. The highest BCUT2D eigenvalue weighted by molar-refractivity contribution is 5.86. The van der Waals surface area contributed by atoms with E-state index in [4.69, 9.17) is 9.47 Å². The molecule has 5 nitrogen and oxygen atoms in total. The molecule has 2 aromatic carbocycles. The molecule has 1 heterocycles. The molecule has 0 spiro atoms. The Labute approximate surface area is 174 Å². The van der Waals surface area contributed by atoms with E-state index >= 15 is 0 Å². The van der Waals surface area contributed by atoms with Gasteiger partial charge in [0.1, 0.15) is 23.8 Å². The maximum Gasteiger partial charge on any atom is 0.307 e. The number of rotatable bonds is 9. The van der Waals surface area contributed by atoms with E-state index in [9.17, 15) is 4.79 Å². The summed E-state index contributed by atoms with van der Waals surface area (Å²) in [5.41, 5.74) is 5.51. The molecule has 1 amide bonds. The third kappa shape index (κ3) is 4.40. The second-order valence-electron chi connectivity index (χ2n) is 8.19. The number of amides is 1. The van der Waals surface area contributed by atoms with Crippen molar-refractivity contribution in [1.82, 2.24) is 4.48 Å². The van der Waals surface area contributed by atoms with Crippen molar-refractivity contribution in [3.8, 4) is 11.5 Å². The summed E-state index contributed by atoms with van der Waals surface area (Å²) < 4.78 is 11.8. The number of quaternary nitrogens is 1. The van der Waals surface area contributed by atoms with Gasteiger partial charge in [-0.15, -0.1) is 0 Å². The zero-order valence-corrected chi connectivity index (χ0v) is 18.3. The molecule has 0 saturated heterocycles. The van der Waals surface area contributed by atoms with Crippen molar-refractivity contribution in [2.75, 3.05) is 32.3 Å².